The third-order valence-corrected chi connectivity index (χ3v) is 8.29. The van der Waals surface area contributed by atoms with Gasteiger partial charge in [0.15, 0.2) is 6.29 Å². The molecule has 0 amide bonds. The summed E-state index contributed by atoms with van der Waals surface area (Å²) in [5.41, 5.74) is -0.582. The van der Waals surface area contributed by atoms with Crippen molar-refractivity contribution >= 4 is 5.97 Å². The Hall–Kier alpha value is -0.810. The summed E-state index contributed by atoms with van der Waals surface area (Å²) >= 11 is 0. The first-order valence-corrected chi connectivity index (χ1v) is 10.9. The molecule has 0 unspecified atom stereocenters. The molecule has 172 valence electrons. The van der Waals surface area contributed by atoms with E-state index in [1.54, 1.807) is 0 Å². The van der Waals surface area contributed by atoms with Crippen LogP contribution in [-0.4, -0.2) is 87.6 Å². The second-order valence-corrected chi connectivity index (χ2v) is 9.97. The average Bonchev–Trinajstić information content (AvgIpc) is 3.20. The number of carbonyl (C=O) groups is 1. The molecule has 4 fully saturated rings. The fourth-order valence-corrected chi connectivity index (χ4v) is 6.52. The van der Waals surface area contributed by atoms with Crippen LogP contribution in [0.15, 0.2) is 0 Å². The van der Waals surface area contributed by atoms with E-state index in [9.17, 15) is 30.3 Å². The molecule has 9 heteroatoms. The van der Waals surface area contributed by atoms with E-state index in [1.807, 2.05) is 6.92 Å². The number of esters is 1. The topological polar surface area (TPSA) is 146 Å². The highest BCUT2D eigenvalue weighted by Crippen LogP contribution is 2.63. The molecule has 9 nitrogen and oxygen atoms in total. The highest BCUT2D eigenvalue weighted by molar-refractivity contribution is 5.77. The molecule has 30 heavy (non-hydrogen) atoms. The number of aliphatic hydroxyl groups is 5. The summed E-state index contributed by atoms with van der Waals surface area (Å²) in [5, 5.41) is 50.7. The number of carbonyl (C=O) groups excluding carboxylic acids is 1. The Kier molecular flexibility index (Phi) is 5.93. The zero-order valence-electron chi connectivity index (χ0n) is 17.6. The number of hydrogen-bond acceptors (Lipinski definition) is 9. The molecule has 12 atom stereocenters. The van der Waals surface area contributed by atoms with Gasteiger partial charge in [0.2, 0.25) is 0 Å². The average molecular weight is 430 g/mol. The Bertz CT molecular complexity index is 654. The molecule has 2 saturated carbocycles. The third-order valence-electron chi connectivity index (χ3n) is 8.29. The molecule has 0 spiro atoms. The summed E-state index contributed by atoms with van der Waals surface area (Å²) in [4.78, 5) is 12.6. The summed E-state index contributed by atoms with van der Waals surface area (Å²) < 4.78 is 16.8. The molecule has 0 aromatic heterocycles. The standard InChI is InChI=1S/C21H34O9/c1-8(2)12-13-10-5-4-9(21(10,3)18(26)17(12)30-19(13)27)7-28-20-16(25)15(24)14(23)11(6-22)29-20/h8-18,20,22-26H,4-7H2,1-3H3/t9-,10-,11-,12-,13-,14-,15+,16-,17-,18-,20-,21-/m0/s1. The molecule has 2 bridgehead atoms. The van der Waals surface area contributed by atoms with Crippen LogP contribution in [0.5, 0.6) is 0 Å². The van der Waals surface area contributed by atoms with Crippen LogP contribution >= 0.6 is 0 Å². The van der Waals surface area contributed by atoms with Crippen LogP contribution in [0.4, 0.5) is 0 Å². The molecule has 0 aromatic rings. The van der Waals surface area contributed by atoms with E-state index in [0.29, 0.717) is 0 Å². The van der Waals surface area contributed by atoms with Crippen LogP contribution in [0.3, 0.4) is 0 Å². The summed E-state index contributed by atoms with van der Waals surface area (Å²) in [5.74, 6) is -0.361. The maximum atomic E-state index is 12.6. The monoisotopic (exact) mass is 430 g/mol. The first-order chi connectivity index (χ1) is 14.1. The minimum absolute atomic E-state index is 0.00399. The number of ether oxygens (including phenoxy) is 3. The van der Waals surface area contributed by atoms with Gasteiger partial charge in [-0.3, -0.25) is 4.79 Å². The molecule has 2 aliphatic heterocycles. The van der Waals surface area contributed by atoms with E-state index < -0.39 is 54.9 Å². The fourth-order valence-electron chi connectivity index (χ4n) is 6.52. The van der Waals surface area contributed by atoms with Crippen molar-refractivity contribution in [2.75, 3.05) is 13.2 Å². The SMILES string of the molecule is CC(C)[C@@H]1[C@@H]2OC(=O)[C@H]1[C@@H]1CC[C@@H](CO[C@H]3O[C@@H](CO)[C@H](O)[C@@H](O)[C@@H]3O)[C@]1(C)[C@H]2O. The van der Waals surface area contributed by atoms with Crippen molar-refractivity contribution < 1.29 is 44.5 Å². The summed E-state index contributed by atoms with van der Waals surface area (Å²) in [6.07, 6.45) is -6.47. The van der Waals surface area contributed by atoms with Crippen LogP contribution in [0.1, 0.15) is 33.6 Å². The Morgan fingerprint density at radius 2 is 1.83 bits per heavy atom. The predicted molar refractivity (Wildman–Crippen MR) is 102 cm³/mol. The Balaban J connectivity index is 1.49. The van der Waals surface area contributed by atoms with Gasteiger partial charge in [0.05, 0.1) is 25.2 Å². The minimum atomic E-state index is -1.50. The normalized spacial score (nSPS) is 53.1. The van der Waals surface area contributed by atoms with Crippen molar-refractivity contribution in [1.82, 2.24) is 0 Å². The Labute approximate surface area is 175 Å². The molecule has 0 aromatic carbocycles. The first kappa shape index (κ1) is 22.4. The Morgan fingerprint density at radius 3 is 2.47 bits per heavy atom. The lowest BCUT2D eigenvalue weighted by molar-refractivity contribution is -0.305. The summed E-state index contributed by atoms with van der Waals surface area (Å²) in [6, 6.07) is 0. The van der Waals surface area contributed by atoms with Gasteiger partial charge in [0.1, 0.15) is 30.5 Å². The molecular formula is C21H34O9. The molecule has 2 aliphatic carbocycles. The van der Waals surface area contributed by atoms with Crippen LogP contribution < -0.4 is 0 Å². The van der Waals surface area contributed by atoms with Crippen molar-refractivity contribution in [2.24, 2.45) is 35.0 Å². The van der Waals surface area contributed by atoms with Gasteiger partial charge in [-0.25, -0.2) is 0 Å². The number of hydrogen-bond donors (Lipinski definition) is 5. The zero-order chi connectivity index (χ0) is 22.0. The van der Waals surface area contributed by atoms with Crippen molar-refractivity contribution in [2.45, 2.75) is 76.5 Å². The van der Waals surface area contributed by atoms with Crippen LogP contribution in [-0.2, 0) is 19.0 Å². The van der Waals surface area contributed by atoms with Gasteiger partial charge in [-0.1, -0.05) is 20.8 Å². The van der Waals surface area contributed by atoms with Gasteiger partial charge in [-0.05, 0) is 30.6 Å². The quantitative estimate of drug-likeness (QED) is 0.348. The molecule has 2 saturated heterocycles. The molecular weight excluding hydrogens is 396 g/mol. The second kappa shape index (κ2) is 7.95. The zero-order valence-corrected chi connectivity index (χ0v) is 17.6. The van der Waals surface area contributed by atoms with Crippen LogP contribution in [0.25, 0.3) is 0 Å². The summed E-state index contributed by atoms with van der Waals surface area (Å²) in [6.45, 7) is 5.71. The maximum Gasteiger partial charge on any atom is 0.310 e. The molecule has 4 aliphatic rings. The first-order valence-electron chi connectivity index (χ1n) is 10.9. The van der Waals surface area contributed by atoms with Gasteiger partial charge < -0.3 is 39.7 Å². The third kappa shape index (κ3) is 3.13. The lowest BCUT2D eigenvalue weighted by Gasteiger charge is -2.50. The number of fused-ring (bicyclic) bond motifs is 4. The predicted octanol–water partition coefficient (Wildman–Crippen LogP) is -0.976. The van der Waals surface area contributed by atoms with E-state index >= 15 is 0 Å². The van der Waals surface area contributed by atoms with Crippen molar-refractivity contribution in [3.63, 3.8) is 0 Å². The lowest BCUT2D eigenvalue weighted by atomic mass is 9.55. The van der Waals surface area contributed by atoms with E-state index in [0.717, 1.165) is 12.8 Å². The smallest absolute Gasteiger partial charge is 0.310 e. The van der Waals surface area contributed by atoms with Crippen molar-refractivity contribution in [1.29, 1.82) is 0 Å². The van der Waals surface area contributed by atoms with E-state index in [-0.39, 0.29) is 42.2 Å². The Morgan fingerprint density at radius 1 is 1.13 bits per heavy atom. The van der Waals surface area contributed by atoms with Gasteiger partial charge >= 0.3 is 5.97 Å². The van der Waals surface area contributed by atoms with E-state index in [4.69, 9.17) is 14.2 Å². The van der Waals surface area contributed by atoms with Crippen LogP contribution in [0, 0.1) is 35.0 Å². The number of rotatable bonds is 5. The van der Waals surface area contributed by atoms with Gasteiger partial charge in [-0.2, -0.15) is 0 Å². The lowest BCUT2D eigenvalue weighted by Crippen LogP contribution is -2.60. The summed E-state index contributed by atoms with van der Waals surface area (Å²) in [7, 11) is 0. The molecule has 5 N–H and O–H groups in total. The highest BCUT2D eigenvalue weighted by Gasteiger charge is 2.68. The molecule has 4 rings (SSSR count). The minimum Gasteiger partial charge on any atom is -0.459 e. The van der Waals surface area contributed by atoms with Gasteiger partial charge in [0, 0.05) is 11.3 Å². The van der Waals surface area contributed by atoms with Crippen molar-refractivity contribution in [3.05, 3.63) is 0 Å². The van der Waals surface area contributed by atoms with Crippen LogP contribution in [0.2, 0.25) is 0 Å². The molecule has 0 radical (unpaired) electrons. The van der Waals surface area contributed by atoms with Gasteiger partial charge in [-0.15, -0.1) is 0 Å². The fraction of sp³-hybridized carbons (Fsp3) is 0.952. The number of aliphatic hydroxyl groups excluding tert-OH is 5. The van der Waals surface area contributed by atoms with Gasteiger partial charge in [0.25, 0.3) is 0 Å². The maximum absolute atomic E-state index is 12.6. The largest absolute Gasteiger partial charge is 0.459 e. The van der Waals surface area contributed by atoms with E-state index in [2.05, 4.69) is 13.8 Å². The highest BCUT2D eigenvalue weighted by atomic mass is 16.7. The van der Waals surface area contributed by atoms with E-state index in [1.165, 1.54) is 0 Å². The molecule has 2 heterocycles. The second-order valence-electron chi connectivity index (χ2n) is 9.97. The van der Waals surface area contributed by atoms with Crippen molar-refractivity contribution in [3.8, 4) is 0 Å².